The van der Waals surface area contributed by atoms with E-state index in [2.05, 4.69) is 10.3 Å². The maximum atomic E-state index is 12.8. The number of anilines is 1. The third-order valence-electron chi connectivity index (χ3n) is 5.04. The molecule has 4 rings (SSSR count). The largest absolute Gasteiger partial charge is 0.489 e. The number of likely N-dealkylation sites (tertiary alicyclic amines) is 1. The van der Waals surface area contributed by atoms with Gasteiger partial charge in [-0.25, -0.2) is 0 Å². The summed E-state index contributed by atoms with van der Waals surface area (Å²) in [5.74, 6) is 0.397. The van der Waals surface area contributed by atoms with Crippen LogP contribution in [-0.4, -0.2) is 34.8 Å². The van der Waals surface area contributed by atoms with Crippen LogP contribution in [0.15, 0.2) is 66.3 Å². The van der Waals surface area contributed by atoms with Gasteiger partial charge in [0, 0.05) is 42.8 Å². The first kappa shape index (κ1) is 20.1. The molecule has 2 amide bonds. The Balaban J connectivity index is 1.34. The number of rotatable bonds is 6. The highest BCUT2D eigenvalue weighted by Crippen LogP contribution is 2.23. The minimum atomic E-state index is -0.220. The highest BCUT2D eigenvalue weighted by Gasteiger charge is 2.29. The van der Waals surface area contributed by atoms with Crippen molar-refractivity contribution in [2.45, 2.75) is 19.4 Å². The van der Waals surface area contributed by atoms with Crippen molar-refractivity contribution in [1.29, 1.82) is 0 Å². The van der Waals surface area contributed by atoms with Crippen LogP contribution in [0.4, 0.5) is 5.69 Å². The van der Waals surface area contributed by atoms with E-state index in [0.717, 1.165) is 23.3 Å². The number of thiophene rings is 1. The summed E-state index contributed by atoms with van der Waals surface area (Å²) in [5, 5.41) is 4.87. The van der Waals surface area contributed by atoms with Crippen molar-refractivity contribution in [3.63, 3.8) is 0 Å². The fraction of sp³-hybridized carbons (Fsp3) is 0.261. The molecule has 1 saturated heterocycles. The molecule has 1 aliphatic rings. The number of amides is 2. The van der Waals surface area contributed by atoms with Crippen molar-refractivity contribution in [1.82, 2.24) is 9.88 Å². The number of hydrogen-bond acceptors (Lipinski definition) is 5. The zero-order valence-corrected chi connectivity index (χ0v) is 17.3. The minimum Gasteiger partial charge on any atom is -0.489 e. The molecule has 1 N–H and O–H groups in total. The van der Waals surface area contributed by atoms with Gasteiger partial charge in [-0.05, 0) is 42.5 Å². The SMILES string of the molecule is O=C(Nc1cccc(OCc2cccnc2)c1)C1CCCN(C(=O)c2cccs2)C1. The van der Waals surface area contributed by atoms with E-state index >= 15 is 0 Å². The third-order valence-corrected chi connectivity index (χ3v) is 5.90. The van der Waals surface area contributed by atoms with E-state index in [-0.39, 0.29) is 17.7 Å². The molecular weight excluding hydrogens is 398 g/mol. The van der Waals surface area contributed by atoms with Crippen molar-refractivity contribution >= 4 is 28.8 Å². The molecule has 0 aliphatic carbocycles. The number of nitrogens with one attached hydrogen (secondary N) is 1. The van der Waals surface area contributed by atoms with Crippen molar-refractivity contribution < 1.29 is 14.3 Å². The van der Waals surface area contributed by atoms with Crippen LogP contribution in [0.2, 0.25) is 0 Å². The van der Waals surface area contributed by atoms with Crippen molar-refractivity contribution in [3.8, 4) is 5.75 Å². The normalized spacial score (nSPS) is 16.1. The van der Waals surface area contributed by atoms with Gasteiger partial charge < -0.3 is 15.0 Å². The summed E-state index contributed by atoms with van der Waals surface area (Å²) in [5.41, 5.74) is 1.66. The molecule has 0 radical (unpaired) electrons. The first-order chi connectivity index (χ1) is 14.7. The Kier molecular flexibility index (Phi) is 6.39. The fourth-order valence-electron chi connectivity index (χ4n) is 3.49. The second-order valence-corrected chi connectivity index (χ2v) is 8.18. The molecule has 3 heterocycles. The molecular formula is C23H23N3O3S. The molecule has 30 heavy (non-hydrogen) atoms. The lowest BCUT2D eigenvalue weighted by atomic mass is 9.97. The van der Waals surface area contributed by atoms with Crippen LogP contribution < -0.4 is 10.1 Å². The smallest absolute Gasteiger partial charge is 0.263 e. The molecule has 1 aromatic carbocycles. The van der Waals surface area contributed by atoms with Crippen molar-refractivity contribution in [3.05, 3.63) is 76.7 Å². The summed E-state index contributed by atoms with van der Waals surface area (Å²) in [6.45, 7) is 1.55. The summed E-state index contributed by atoms with van der Waals surface area (Å²) >= 11 is 1.43. The van der Waals surface area contributed by atoms with Crippen molar-refractivity contribution in [2.75, 3.05) is 18.4 Å². The van der Waals surface area contributed by atoms with Gasteiger partial charge in [0.2, 0.25) is 5.91 Å². The highest BCUT2D eigenvalue weighted by atomic mass is 32.1. The number of carbonyl (C=O) groups excluding carboxylic acids is 2. The molecule has 1 aliphatic heterocycles. The number of aromatic nitrogens is 1. The highest BCUT2D eigenvalue weighted by molar-refractivity contribution is 7.12. The Morgan fingerprint density at radius 1 is 1.20 bits per heavy atom. The Labute approximate surface area is 179 Å². The van der Waals surface area contributed by atoms with Gasteiger partial charge in [0.05, 0.1) is 10.8 Å². The molecule has 0 bridgehead atoms. The van der Waals surface area contributed by atoms with Crippen LogP contribution in [0.5, 0.6) is 5.75 Å². The number of ether oxygens (including phenoxy) is 1. The Morgan fingerprint density at radius 2 is 2.13 bits per heavy atom. The van der Waals surface area contributed by atoms with E-state index in [4.69, 9.17) is 4.74 Å². The van der Waals surface area contributed by atoms with Crippen LogP contribution in [0.25, 0.3) is 0 Å². The predicted molar refractivity (Wildman–Crippen MR) is 117 cm³/mol. The molecule has 1 fully saturated rings. The molecule has 0 spiro atoms. The van der Waals surface area contributed by atoms with Gasteiger partial charge in [-0.15, -0.1) is 11.3 Å². The maximum absolute atomic E-state index is 12.8. The van der Waals surface area contributed by atoms with Gasteiger partial charge in [0.1, 0.15) is 12.4 Å². The van der Waals surface area contributed by atoms with Crippen molar-refractivity contribution in [2.24, 2.45) is 5.92 Å². The number of carbonyl (C=O) groups is 2. The monoisotopic (exact) mass is 421 g/mol. The average Bonchev–Trinajstić information content (AvgIpc) is 3.33. The second-order valence-electron chi connectivity index (χ2n) is 7.23. The summed E-state index contributed by atoms with van der Waals surface area (Å²) in [4.78, 5) is 32.0. The summed E-state index contributed by atoms with van der Waals surface area (Å²) in [6.07, 6.45) is 5.08. The van der Waals surface area contributed by atoms with E-state index in [1.807, 2.05) is 53.9 Å². The molecule has 1 atom stereocenters. The molecule has 0 saturated carbocycles. The first-order valence-electron chi connectivity index (χ1n) is 9.94. The lowest BCUT2D eigenvalue weighted by molar-refractivity contribution is -0.121. The van der Waals surface area contributed by atoms with E-state index in [1.165, 1.54) is 11.3 Å². The van der Waals surface area contributed by atoms with Crippen LogP contribution in [0.3, 0.4) is 0 Å². The van der Waals surface area contributed by atoms with Gasteiger partial charge in [0.25, 0.3) is 5.91 Å². The summed E-state index contributed by atoms with van der Waals surface area (Å²) in [7, 11) is 0. The van der Waals surface area contributed by atoms with Crippen LogP contribution in [0.1, 0.15) is 28.1 Å². The fourth-order valence-corrected chi connectivity index (χ4v) is 4.18. The second kappa shape index (κ2) is 9.54. The minimum absolute atomic E-state index is 0.00768. The van der Waals surface area contributed by atoms with Crippen LogP contribution >= 0.6 is 11.3 Å². The molecule has 2 aromatic heterocycles. The van der Waals surface area contributed by atoms with Gasteiger partial charge >= 0.3 is 0 Å². The topological polar surface area (TPSA) is 71.5 Å². The molecule has 6 nitrogen and oxygen atoms in total. The zero-order chi connectivity index (χ0) is 20.8. The first-order valence-corrected chi connectivity index (χ1v) is 10.8. The van der Waals surface area contributed by atoms with Gasteiger partial charge in [-0.2, -0.15) is 0 Å². The third kappa shape index (κ3) is 5.04. The molecule has 7 heteroatoms. The van der Waals surface area contributed by atoms with Gasteiger partial charge in [-0.3, -0.25) is 14.6 Å². The average molecular weight is 422 g/mol. The van der Waals surface area contributed by atoms with Gasteiger partial charge in [-0.1, -0.05) is 18.2 Å². The Bertz CT molecular complexity index is 992. The number of nitrogens with zero attached hydrogens (tertiary/aromatic N) is 2. The summed E-state index contributed by atoms with van der Waals surface area (Å²) < 4.78 is 5.81. The Hall–Kier alpha value is -3.19. The maximum Gasteiger partial charge on any atom is 0.263 e. The molecule has 1 unspecified atom stereocenters. The predicted octanol–water partition coefficient (Wildman–Crippen LogP) is 4.21. The lowest BCUT2D eigenvalue weighted by Gasteiger charge is -2.31. The van der Waals surface area contributed by atoms with E-state index in [1.54, 1.807) is 17.3 Å². The van der Waals surface area contributed by atoms with E-state index in [9.17, 15) is 9.59 Å². The number of pyridine rings is 1. The van der Waals surface area contributed by atoms with Crippen LogP contribution in [0, 0.1) is 5.92 Å². The zero-order valence-electron chi connectivity index (χ0n) is 16.5. The molecule has 3 aromatic rings. The standard InChI is InChI=1S/C23H23N3O3S/c27-22(18-6-3-11-26(15-18)23(28)21-9-4-12-30-21)25-19-7-1-8-20(13-19)29-16-17-5-2-10-24-14-17/h1-2,4-5,7-10,12-14,18H,3,6,11,15-16H2,(H,25,27). The van der Waals surface area contributed by atoms with Gasteiger partial charge in [0.15, 0.2) is 0 Å². The van der Waals surface area contributed by atoms with E-state index in [0.29, 0.717) is 31.1 Å². The quantitative estimate of drug-likeness (QED) is 0.647. The van der Waals surface area contributed by atoms with E-state index < -0.39 is 0 Å². The number of hydrogen-bond donors (Lipinski definition) is 1. The summed E-state index contributed by atoms with van der Waals surface area (Å²) in [6, 6.07) is 14.9. The Morgan fingerprint density at radius 3 is 2.93 bits per heavy atom. The molecule has 154 valence electrons. The lowest BCUT2D eigenvalue weighted by Crippen LogP contribution is -2.43. The van der Waals surface area contributed by atoms with Crippen LogP contribution in [-0.2, 0) is 11.4 Å². The number of benzene rings is 1. The number of piperidine rings is 1.